The number of hydrogen-bond donors (Lipinski definition) is 0. The van der Waals surface area contributed by atoms with Gasteiger partial charge in [0.2, 0.25) is 0 Å². The summed E-state index contributed by atoms with van der Waals surface area (Å²) < 4.78 is 5.37. The van der Waals surface area contributed by atoms with E-state index >= 15 is 0 Å². The van der Waals surface area contributed by atoms with Gasteiger partial charge in [-0.1, -0.05) is 121 Å². The maximum Gasteiger partial charge on any atom is 0.0434 e. The molecule has 0 aliphatic heterocycles. The van der Waals surface area contributed by atoms with Crippen molar-refractivity contribution in [2.24, 2.45) is 0 Å². The van der Waals surface area contributed by atoms with Crippen LogP contribution >= 0.6 is 22.7 Å². The molecule has 2 heterocycles. The molecule has 0 saturated carbocycles. The summed E-state index contributed by atoms with van der Waals surface area (Å²) in [6, 6.07) is 48.8. The Morgan fingerprint density at radius 2 is 0.737 bits per heavy atom. The van der Waals surface area contributed by atoms with Crippen molar-refractivity contribution in [1.29, 1.82) is 0 Å². The third-order valence-corrected chi connectivity index (χ3v) is 9.96. The van der Waals surface area contributed by atoms with Crippen molar-refractivity contribution in [2.45, 2.75) is 0 Å². The number of rotatable bonds is 3. The summed E-state index contributed by atoms with van der Waals surface area (Å²) in [5.74, 6) is 0. The van der Waals surface area contributed by atoms with E-state index in [0.29, 0.717) is 0 Å². The summed E-state index contributed by atoms with van der Waals surface area (Å²) in [4.78, 5) is 0. The van der Waals surface area contributed by atoms with Crippen LogP contribution in [0.2, 0.25) is 0 Å². The lowest BCUT2D eigenvalue weighted by atomic mass is 9.87. The first-order valence-electron chi connectivity index (χ1n) is 12.9. The van der Waals surface area contributed by atoms with Crippen LogP contribution in [0.1, 0.15) is 0 Å². The molecule has 0 nitrogen and oxygen atoms in total. The second-order valence-corrected chi connectivity index (χ2v) is 11.8. The normalized spacial score (nSPS) is 11.7. The van der Waals surface area contributed by atoms with Gasteiger partial charge in [0.15, 0.2) is 0 Å². The van der Waals surface area contributed by atoms with Crippen LogP contribution in [0.25, 0.3) is 73.7 Å². The molecule has 8 aromatic rings. The van der Waals surface area contributed by atoms with Crippen LogP contribution in [0.3, 0.4) is 0 Å². The summed E-state index contributed by atoms with van der Waals surface area (Å²) >= 11 is 3.79. The lowest BCUT2D eigenvalue weighted by Gasteiger charge is -2.17. The van der Waals surface area contributed by atoms with Gasteiger partial charge in [0.25, 0.3) is 0 Å². The Labute approximate surface area is 229 Å². The lowest BCUT2D eigenvalue weighted by molar-refractivity contribution is 1.59. The van der Waals surface area contributed by atoms with Crippen molar-refractivity contribution >= 4 is 63.0 Å². The van der Waals surface area contributed by atoms with Crippen LogP contribution in [0.15, 0.2) is 133 Å². The molecule has 0 bridgehead atoms. The van der Waals surface area contributed by atoms with E-state index in [0.717, 1.165) is 0 Å². The van der Waals surface area contributed by atoms with Crippen LogP contribution in [0.4, 0.5) is 0 Å². The maximum absolute atomic E-state index is 2.30. The maximum atomic E-state index is 2.30. The summed E-state index contributed by atoms with van der Waals surface area (Å²) in [6.07, 6.45) is 0. The van der Waals surface area contributed by atoms with Gasteiger partial charge in [-0.3, -0.25) is 0 Å². The third kappa shape index (κ3) is 3.28. The van der Waals surface area contributed by atoms with Crippen LogP contribution in [-0.4, -0.2) is 0 Å². The number of hydrogen-bond acceptors (Lipinski definition) is 2. The highest BCUT2D eigenvalue weighted by Gasteiger charge is 2.19. The molecule has 0 amide bonds. The minimum Gasteiger partial charge on any atom is -0.135 e. The van der Waals surface area contributed by atoms with E-state index in [1.807, 2.05) is 22.7 Å². The van der Waals surface area contributed by atoms with Crippen molar-refractivity contribution in [3.8, 4) is 33.4 Å². The van der Waals surface area contributed by atoms with Gasteiger partial charge in [-0.05, 0) is 34.4 Å². The van der Waals surface area contributed by atoms with E-state index in [-0.39, 0.29) is 0 Å². The zero-order valence-corrected chi connectivity index (χ0v) is 22.2. The number of thiophene rings is 2. The summed E-state index contributed by atoms with van der Waals surface area (Å²) in [5.41, 5.74) is 7.70. The smallest absolute Gasteiger partial charge is 0.0434 e. The molecule has 0 saturated heterocycles. The Bertz CT molecular complexity index is 1990. The van der Waals surface area contributed by atoms with Crippen LogP contribution in [-0.2, 0) is 0 Å². The van der Waals surface area contributed by atoms with Crippen molar-refractivity contribution in [3.05, 3.63) is 133 Å². The van der Waals surface area contributed by atoms with E-state index in [2.05, 4.69) is 133 Å². The summed E-state index contributed by atoms with van der Waals surface area (Å²) in [7, 11) is 0. The molecule has 0 radical (unpaired) electrons. The fourth-order valence-electron chi connectivity index (χ4n) is 5.84. The average molecular weight is 519 g/mol. The monoisotopic (exact) mass is 518 g/mol. The molecule has 0 N–H and O–H groups in total. The largest absolute Gasteiger partial charge is 0.135 e. The highest BCUT2D eigenvalue weighted by molar-refractivity contribution is 7.26. The molecule has 38 heavy (non-hydrogen) atoms. The topological polar surface area (TPSA) is 0 Å². The van der Waals surface area contributed by atoms with Gasteiger partial charge < -0.3 is 0 Å². The van der Waals surface area contributed by atoms with Gasteiger partial charge in [-0.15, -0.1) is 22.7 Å². The lowest BCUT2D eigenvalue weighted by Crippen LogP contribution is -1.91. The molecular weight excluding hydrogens is 497 g/mol. The highest BCUT2D eigenvalue weighted by Crippen LogP contribution is 2.48. The molecular formula is C36H22S2. The highest BCUT2D eigenvalue weighted by atomic mass is 32.1. The first-order chi connectivity index (χ1) is 18.9. The minimum atomic E-state index is 1.24. The predicted octanol–water partition coefficient (Wildman–Crippen LogP) is 11.4. The van der Waals surface area contributed by atoms with Gasteiger partial charge in [0.05, 0.1) is 0 Å². The van der Waals surface area contributed by atoms with E-state index < -0.39 is 0 Å². The van der Waals surface area contributed by atoms with Crippen molar-refractivity contribution < 1.29 is 0 Å². The summed E-state index contributed by atoms with van der Waals surface area (Å²) in [6.45, 7) is 0. The molecule has 0 aliphatic rings. The molecule has 0 fully saturated rings. The SMILES string of the molecule is c1ccc(-c2c(-c3cccc4c3sc3ccccc34)cccc2-c2cccc3c2sc2ccccc23)cc1. The molecule has 8 rings (SSSR count). The third-order valence-electron chi connectivity index (χ3n) is 7.52. The van der Waals surface area contributed by atoms with Crippen molar-refractivity contribution in [2.75, 3.05) is 0 Å². The molecule has 0 spiro atoms. The van der Waals surface area contributed by atoms with Crippen LogP contribution < -0.4 is 0 Å². The van der Waals surface area contributed by atoms with E-state index in [4.69, 9.17) is 0 Å². The van der Waals surface area contributed by atoms with Gasteiger partial charge >= 0.3 is 0 Å². The first kappa shape index (κ1) is 21.8. The Morgan fingerprint density at radius 3 is 1.29 bits per heavy atom. The molecule has 178 valence electrons. The Hall–Kier alpha value is -4.24. The summed E-state index contributed by atoms with van der Waals surface area (Å²) in [5, 5.41) is 5.34. The number of fused-ring (bicyclic) bond motifs is 6. The van der Waals surface area contributed by atoms with E-state index in [1.165, 1.54) is 73.7 Å². The molecule has 6 aromatic carbocycles. The van der Waals surface area contributed by atoms with E-state index in [1.54, 1.807) is 0 Å². The average Bonchev–Trinajstić information content (AvgIpc) is 3.56. The first-order valence-corrected chi connectivity index (χ1v) is 14.5. The van der Waals surface area contributed by atoms with Crippen LogP contribution in [0.5, 0.6) is 0 Å². The second kappa shape index (κ2) is 8.66. The molecule has 0 unspecified atom stereocenters. The van der Waals surface area contributed by atoms with Crippen molar-refractivity contribution in [3.63, 3.8) is 0 Å². The van der Waals surface area contributed by atoms with Crippen molar-refractivity contribution in [1.82, 2.24) is 0 Å². The fraction of sp³-hybridized carbons (Fsp3) is 0. The van der Waals surface area contributed by atoms with Crippen LogP contribution in [0, 0.1) is 0 Å². The molecule has 0 atom stereocenters. The van der Waals surface area contributed by atoms with Gasteiger partial charge in [-0.25, -0.2) is 0 Å². The zero-order valence-electron chi connectivity index (χ0n) is 20.5. The Balaban J connectivity index is 1.48. The van der Waals surface area contributed by atoms with E-state index in [9.17, 15) is 0 Å². The predicted molar refractivity (Wildman–Crippen MR) is 169 cm³/mol. The zero-order chi connectivity index (χ0) is 25.1. The van der Waals surface area contributed by atoms with Gasteiger partial charge in [0, 0.05) is 51.5 Å². The second-order valence-electron chi connectivity index (χ2n) is 9.66. The fourth-order valence-corrected chi connectivity index (χ4v) is 8.30. The quantitative estimate of drug-likeness (QED) is 0.218. The molecule has 2 aromatic heterocycles. The molecule has 0 aliphatic carbocycles. The Morgan fingerprint density at radius 1 is 0.316 bits per heavy atom. The van der Waals surface area contributed by atoms with Gasteiger partial charge in [0.1, 0.15) is 0 Å². The van der Waals surface area contributed by atoms with Gasteiger partial charge in [-0.2, -0.15) is 0 Å². The minimum absolute atomic E-state index is 1.24. The Kier molecular flexibility index (Phi) is 4.97. The standard InChI is InChI=1S/C36H22S2/c1-2-11-23(12-3-1)34-26(30-19-9-17-28-24-13-4-6-21-32(24)37-35(28)30)15-8-16-27(34)31-20-10-18-29-25-14-5-7-22-33(25)38-36(29)31/h1-22H. The molecule has 2 heteroatoms. The number of benzene rings is 6.